The van der Waals surface area contributed by atoms with Gasteiger partial charge in [0.1, 0.15) is 10.6 Å². The van der Waals surface area contributed by atoms with Crippen LogP contribution in [0.25, 0.3) is 0 Å². The maximum absolute atomic E-state index is 11.9. The monoisotopic (exact) mass is 281 g/mol. The van der Waals surface area contributed by atoms with Crippen LogP contribution in [0.5, 0.6) is 0 Å². The average molecular weight is 281 g/mol. The highest BCUT2D eigenvalue weighted by Crippen LogP contribution is 2.42. The molecule has 0 amide bonds. The van der Waals surface area contributed by atoms with E-state index in [1.54, 1.807) is 0 Å². The van der Waals surface area contributed by atoms with Crippen LogP contribution in [0.4, 0.5) is 10.8 Å². The smallest absolute Gasteiger partial charge is 0.344 e. The molecule has 5 nitrogen and oxygen atoms in total. The summed E-state index contributed by atoms with van der Waals surface area (Å²) in [5, 5.41) is 0.904. The summed E-state index contributed by atoms with van der Waals surface area (Å²) in [6.45, 7) is 0.993. The Labute approximate surface area is 116 Å². The first-order valence-corrected chi connectivity index (χ1v) is 7.59. The summed E-state index contributed by atoms with van der Waals surface area (Å²) in [5.41, 5.74) is 6.29. The molecular formula is C13H19N3O2S. The SMILES string of the molecule is COC(=O)c1c(N)nsc1N1CCCC2CCCC21. The highest BCUT2D eigenvalue weighted by Gasteiger charge is 2.38. The maximum atomic E-state index is 11.9. The third-order valence-corrected chi connectivity index (χ3v) is 5.24. The number of aromatic nitrogens is 1. The van der Waals surface area contributed by atoms with Gasteiger partial charge in [-0.1, -0.05) is 6.42 Å². The van der Waals surface area contributed by atoms with Crippen molar-refractivity contribution in [2.24, 2.45) is 5.92 Å². The van der Waals surface area contributed by atoms with Gasteiger partial charge in [0.2, 0.25) is 0 Å². The first-order valence-electron chi connectivity index (χ1n) is 6.82. The molecule has 0 bridgehead atoms. The lowest BCUT2D eigenvalue weighted by atomic mass is 9.92. The Balaban J connectivity index is 1.95. The van der Waals surface area contributed by atoms with Crippen LogP contribution in [0.2, 0.25) is 0 Å². The Morgan fingerprint density at radius 3 is 3.00 bits per heavy atom. The first kappa shape index (κ1) is 12.7. The number of esters is 1. The molecule has 2 atom stereocenters. The van der Waals surface area contributed by atoms with Crippen molar-refractivity contribution in [3.05, 3.63) is 5.56 Å². The fourth-order valence-corrected chi connectivity index (χ4v) is 4.38. The zero-order chi connectivity index (χ0) is 13.4. The van der Waals surface area contributed by atoms with E-state index in [4.69, 9.17) is 10.5 Å². The van der Waals surface area contributed by atoms with E-state index in [0.29, 0.717) is 17.4 Å². The number of piperidine rings is 1. The molecule has 104 valence electrons. The summed E-state index contributed by atoms with van der Waals surface area (Å²) in [4.78, 5) is 14.2. The number of nitrogen functional groups attached to an aromatic ring is 1. The summed E-state index contributed by atoms with van der Waals surface area (Å²) in [6, 6.07) is 0.553. The summed E-state index contributed by atoms with van der Waals surface area (Å²) >= 11 is 1.33. The number of fused-ring (bicyclic) bond motifs is 1. The second-order valence-electron chi connectivity index (χ2n) is 5.33. The Bertz CT molecular complexity index is 488. The molecule has 3 rings (SSSR count). The van der Waals surface area contributed by atoms with Crippen LogP contribution in [0, 0.1) is 5.92 Å². The number of carbonyl (C=O) groups excluding carboxylic acids is 1. The van der Waals surface area contributed by atoms with Crippen molar-refractivity contribution in [2.45, 2.75) is 38.1 Å². The highest BCUT2D eigenvalue weighted by atomic mass is 32.1. The molecule has 1 aromatic heterocycles. The fraction of sp³-hybridized carbons (Fsp3) is 0.692. The highest BCUT2D eigenvalue weighted by molar-refractivity contribution is 7.11. The minimum atomic E-state index is -0.374. The number of nitrogens with zero attached hydrogens (tertiary/aromatic N) is 2. The molecule has 1 aliphatic carbocycles. The molecular weight excluding hydrogens is 262 g/mol. The van der Waals surface area contributed by atoms with Crippen molar-refractivity contribution >= 4 is 28.3 Å². The van der Waals surface area contributed by atoms with Gasteiger partial charge in [-0.15, -0.1) is 0 Å². The lowest BCUT2D eigenvalue weighted by Crippen LogP contribution is -2.42. The van der Waals surface area contributed by atoms with Crippen LogP contribution < -0.4 is 10.6 Å². The van der Waals surface area contributed by atoms with Gasteiger partial charge in [-0.25, -0.2) is 4.79 Å². The molecule has 0 spiro atoms. The van der Waals surface area contributed by atoms with Crippen molar-refractivity contribution in [3.63, 3.8) is 0 Å². The largest absolute Gasteiger partial charge is 0.465 e. The third kappa shape index (κ3) is 2.08. The van der Waals surface area contributed by atoms with E-state index in [9.17, 15) is 4.79 Å². The van der Waals surface area contributed by atoms with Crippen molar-refractivity contribution in [2.75, 3.05) is 24.3 Å². The zero-order valence-electron chi connectivity index (χ0n) is 11.1. The molecule has 2 heterocycles. The van der Waals surface area contributed by atoms with Crippen molar-refractivity contribution in [1.82, 2.24) is 4.37 Å². The van der Waals surface area contributed by atoms with E-state index in [-0.39, 0.29) is 5.97 Å². The standard InChI is InChI=1S/C13H19N3O2S/c1-18-13(17)10-11(14)15-19-12(10)16-7-3-5-8-4-2-6-9(8)16/h8-9H,2-7H2,1H3,(H2,14,15). The minimum absolute atomic E-state index is 0.298. The van der Waals surface area contributed by atoms with Gasteiger partial charge in [-0.3, -0.25) is 0 Å². The Hall–Kier alpha value is -1.30. The molecule has 2 N–H and O–H groups in total. The number of rotatable bonds is 2. The van der Waals surface area contributed by atoms with Crippen molar-refractivity contribution in [3.8, 4) is 0 Å². The van der Waals surface area contributed by atoms with Gasteiger partial charge in [-0.05, 0) is 43.1 Å². The minimum Gasteiger partial charge on any atom is -0.465 e. The molecule has 1 saturated heterocycles. The number of hydrogen-bond donors (Lipinski definition) is 1. The van der Waals surface area contributed by atoms with E-state index in [1.807, 2.05) is 0 Å². The van der Waals surface area contributed by atoms with E-state index >= 15 is 0 Å². The Morgan fingerprint density at radius 2 is 2.21 bits per heavy atom. The van der Waals surface area contributed by atoms with E-state index < -0.39 is 0 Å². The molecule has 2 unspecified atom stereocenters. The molecule has 19 heavy (non-hydrogen) atoms. The van der Waals surface area contributed by atoms with Gasteiger partial charge in [0.05, 0.1) is 7.11 Å². The fourth-order valence-electron chi connectivity index (χ4n) is 3.49. The number of hydrogen-bond acceptors (Lipinski definition) is 6. The van der Waals surface area contributed by atoms with Gasteiger partial charge in [-0.2, -0.15) is 4.37 Å². The molecule has 2 fully saturated rings. The number of nitrogens with two attached hydrogens (primary N) is 1. The van der Waals surface area contributed by atoms with Crippen LogP contribution >= 0.6 is 11.5 Å². The lowest BCUT2D eigenvalue weighted by molar-refractivity contribution is 0.0602. The molecule has 2 aliphatic rings. The van der Waals surface area contributed by atoms with Crippen molar-refractivity contribution < 1.29 is 9.53 Å². The normalized spacial score (nSPS) is 26.3. The molecule has 1 aliphatic heterocycles. The van der Waals surface area contributed by atoms with Crippen LogP contribution in [-0.2, 0) is 4.74 Å². The van der Waals surface area contributed by atoms with Crippen LogP contribution in [-0.4, -0.2) is 30.0 Å². The molecule has 1 saturated carbocycles. The Morgan fingerprint density at radius 1 is 1.42 bits per heavy atom. The molecule has 1 aromatic rings. The molecule has 0 aromatic carbocycles. The summed E-state index contributed by atoms with van der Waals surface area (Å²) in [5.74, 6) is 0.691. The summed E-state index contributed by atoms with van der Waals surface area (Å²) in [6.07, 6.45) is 6.29. The number of ether oxygens (including phenoxy) is 1. The van der Waals surface area contributed by atoms with Crippen LogP contribution in [0.1, 0.15) is 42.5 Å². The van der Waals surface area contributed by atoms with Crippen molar-refractivity contribution in [1.29, 1.82) is 0 Å². The van der Waals surface area contributed by atoms with Gasteiger partial charge in [0.15, 0.2) is 5.82 Å². The Kier molecular flexibility index (Phi) is 3.35. The molecule has 0 radical (unpaired) electrons. The second-order valence-corrected chi connectivity index (χ2v) is 6.09. The predicted octanol–water partition coefficient (Wildman–Crippen LogP) is 2.28. The number of carbonyl (C=O) groups is 1. The average Bonchev–Trinajstić information content (AvgIpc) is 3.03. The topological polar surface area (TPSA) is 68.5 Å². The third-order valence-electron chi connectivity index (χ3n) is 4.34. The zero-order valence-corrected chi connectivity index (χ0v) is 11.9. The lowest BCUT2D eigenvalue weighted by Gasteiger charge is -2.38. The molecule has 6 heteroatoms. The van der Waals surface area contributed by atoms with E-state index in [2.05, 4.69) is 9.27 Å². The number of methoxy groups -OCH3 is 1. The van der Waals surface area contributed by atoms with Gasteiger partial charge in [0.25, 0.3) is 0 Å². The quantitative estimate of drug-likeness (QED) is 0.842. The number of anilines is 2. The van der Waals surface area contributed by atoms with E-state index in [0.717, 1.165) is 17.5 Å². The second kappa shape index (κ2) is 5.00. The van der Waals surface area contributed by atoms with Gasteiger partial charge >= 0.3 is 5.97 Å². The van der Waals surface area contributed by atoms with Gasteiger partial charge in [0, 0.05) is 12.6 Å². The maximum Gasteiger partial charge on any atom is 0.344 e. The summed E-state index contributed by atoms with van der Waals surface area (Å²) < 4.78 is 8.99. The summed E-state index contributed by atoms with van der Waals surface area (Å²) in [7, 11) is 1.39. The van der Waals surface area contributed by atoms with Crippen LogP contribution in [0.15, 0.2) is 0 Å². The predicted molar refractivity (Wildman–Crippen MR) is 75.6 cm³/mol. The van der Waals surface area contributed by atoms with Gasteiger partial charge < -0.3 is 15.4 Å². The first-order chi connectivity index (χ1) is 9.22. The van der Waals surface area contributed by atoms with Crippen LogP contribution in [0.3, 0.4) is 0 Å². The van der Waals surface area contributed by atoms with E-state index in [1.165, 1.54) is 50.7 Å².